The quantitative estimate of drug-likeness (QED) is 0.866. The highest BCUT2D eigenvalue weighted by Crippen LogP contribution is 2.29. The van der Waals surface area contributed by atoms with Gasteiger partial charge in [-0.25, -0.2) is 0 Å². The van der Waals surface area contributed by atoms with Crippen molar-refractivity contribution in [2.45, 2.75) is 32.7 Å². The van der Waals surface area contributed by atoms with E-state index in [9.17, 15) is 4.79 Å². The topological polar surface area (TPSA) is 41.6 Å². The van der Waals surface area contributed by atoms with E-state index >= 15 is 0 Å². The van der Waals surface area contributed by atoms with Crippen LogP contribution in [-0.4, -0.2) is 32.1 Å². The Bertz CT molecular complexity index is 521. The molecule has 0 aliphatic carbocycles. The van der Waals surface area contributed by atoms with Crippen molar-refractivity contribution in [3.63, 3.8) is 0 Å². The minimum Gasteiger partial charge on any atom is -0.495 e. The van der Waals surface area contributed by atoms with Crippen molar-refractivity contribution < 1.29 is 9.53 Å². The van der Waals surface area contributed by atoms with Crippen LogP contribution in [0.15, 0.2) is 35.9 Å². The lowest BCUT2D eigenvalue weighted by atomic mass is 10.0. The molecule has 1 atom stereocenters. The average molecular weight is 288 g/mol. The smallest absolute Gasteiger partial charge is 0.244 e. The Balaban J connectivity index is 2.04. The number of piperidine rings is 1. The third-order valence-electron chi connectivity index (χ3n) is 3.61. The van der Waals surface area contributed by atoms with E-state index in [0.29, 0.717) is 0 Å². The number of hydrogen-bond acceptors (Lipinski definition) is 3. The Kier molecular flexibility index (Phi) is 5.26. The summed E-state index contributed by atoms with van der Waals surface area (Å²) >= 11 is 0. The lowest BCUT2D eigenvalue weighted by Gasteiger charge is -2.35. The van der Waals surface area contributed by atoms with Crippen molar-refractivity contribution in [1.29, 1.82) is 0 Å². The van der Waals surface area contributed by atoms with E-state index in [2.05, 4.69) is 16.3 Å². The molecule has 0 saturated carbocycles. The van der Waals surface area contributed by atoms with Gasteiger partial charge in [-0.3, -0.25) is 4.79 Å². The molecule has 2 rings (SSSR count). The molecule has 0 bridgehead atoms. The summed E-state index contributed by atoms with van der Waals surface area (Å²) in [4.78, 5) is 14.1. The Hall–Kier alpha value is -1.97. The first-order valence-electron chi connectivity index (χ1n) is 7.43. The van der Waals surface area contributed by atoms with Gasteiger partial charge in [0.2, 0.25) is 5.91 Å². The summed E-state index contributed by atoms with van der Waals surface area (Å²) in [5.74, 6) is 0.885. The first-order valence-corrected chi connectivity index (χ1v) is 7.43. The van der Waals surface area contributed by atoms with E-state index < -0.39 is 0 Å². The number of hydrogen-bond donors (Lipinski definition) is 1. The molecule has 4 nitrogen and oxygen atoms in total. The Morgan fingerprint density at radius 2 is 2.14 bits per heavy atom. The van der Waals surface area contributed by atoms with Gasteiger partial charge in [0.25, 0.3) is 0 Å². The number of benzene rings is 1. The fourth-order valence-electron chi connectivity index (χ4n) is 2.71. The lowest BCUT2D eigenvalue weighted by Crippen LogP contribution is -2.47. The molecule has 1 aromatic rings. The van der Waals surface area contributed by atoms with Gasteiger partial charge in [0.15, 0.2) is 0 Å². The van der Waals surface area contributed by atoms with E-state index in [0.717, 1.165) is 42.9 Å². The number of carbonyl (C=O) groups is 1. The van der Waals surface area contributed by atoms with Gasteiger partial charge < -0.3 is 15.0 Å². The van der Waals surface area contributed by atoms with Crippen LogP contribution in [0.25, 0.3) is 0 Å². The van der Waals surface area contributed by atoms with E-state index in [4.69, 9.17) is 4.74 Å². The molecule has 21 heavy (non-hydrogen) atoms. The molecule has 1 heterocycles. The van der Waals surface area contributed by atoms with Crippen LogP contribution < -0.4 is 15.0 Å². The zero-order valence-corrected chi connectivity index (χ0v) is 13.1. The minimum absolute atomic E-state index is 0.00174. The zero-order chi connectivity index (χ0) is 15.2. The number of anilines is 1. The van der Waals surface area contributed by atoms with Gasteiger partial charge in [0, 0.05) is 25.2 Å². The van der Waals surface area contributed by atoms with Crippen LogP contribution >= 0.6 is 0 Å². The van der Waals surface area contributed by atoms with Gasteiger partial charge in [-0.2, -0.15) is 0 Å². The molecule has 0 radical (unpaired) electrons. The second kappa shape index (κ2) is 7.16. The number of nitrogens with zero attached hydrogens (tertiary/aromatic N) is 1. The number of allylic oxidation sites excluding steroid dienone is 1. The van der Waals surface area contributed by atoms with Crippen LogP contribution in [0.5, 0.6) is 5.75 Å². The normalized spacial score (nSPS) is 18.0. The second-order valence-electron chi connectivity index (χ2n) is 5.69. The van der Waals surface area contributed by atoms with Gasteiger partial charge in [-0.05, 0) is 38.8 Å². The molecule has 0 unspecified atom stereocenters. The molecule has 0 spiro atoms. The number of ether oxygens (including phenoxy) is 1. The Morgan fingerprint density at radius 1 is 1.38 bits per heavy atom. The van der Waals surface area contributed by atoms with Crippen LogP contribution in [0.3, 0.4) is 0 Å². The Morgan fingerprint density at radius 3 is 2.86 bits per heavy atom. The molecule has 1 saturated heterocycles. The van der Waals surface area contributed by atoms with E-state index in [1.807, 2.05) is 32.0 Å². The van der Waals surface area contributed by atoms with Crippen LogP contribution in [-0.2, 0) is 4.79 Å². The summed E-state index contributed by atoms with van der Waals surface area (Å²) in [5.41, 5.74) is 2.12. The highest BCUT2D eigenvalue weighted by molar-refractivity contribution is 5.88. The van der Waals surface area contributed by atoms with Crippen LogP contribution in [0.4, 0.5) is 5.69 Å². The summed E-state index contributed by atoms with van der Waals surface area (Å²) in [6.45, 7) is 5.68. The molecular weight excluding hydrogens is 264 g/mol. The number of rotatable bonds is 4. The largest absolute Gasteiger partial charge is 0.495 e. The molecule has 4 heteroatoms. The highest BCUT2D eigenvalue weighted by Gasteiger charge is 2.22. The van der Waals surface area contributed by atoms with Crippen molar-refractivity contribution in [1.82, 2.24) is 5.32 Å². The number of nitrogens with one attached hydrogen (secondary N) is 1. The van der Waals surface area contributed by atoms with Crippen molar-refractivity contribution >= 4 is 11.6 Å². The lowest BCUT2D eigenvalue weighted by molar-refractivity contribution is -0.117. The highest BCUT2D eigenvalue weighted by atomic mass is 16.5. The monoisotopic (exact) mass is 288 g/mol. The predicted molar refractivity (Wildman–Crippen MR) is 85.8 cm³/mol. The molecule has 1 N–H and O–H groups in total. The van der Waals surface area contributed by atoms with Crippen LogP contribution in [0, 0.1) is 0 Å². The van der Waals surface area contributed by atoms with Crippen LogP contribution in [0.1, 0.15) is 26.7 Å². The van der Waals surface area contributed by atoms with Gasteiger partial charge in [0.1, 0.15) is 5.75 Å². The van der Waals surface area contributed by atoms with Crippen molar-refractivity contribution in [3.8, 4) is 5.75 Å². The maximum atomic E-state index is 11.9. The molecule has 1 aliphatic rings. The van der Waals surface area contributed by atoms with E-state index in [-0.39, 0.29) is 11.9 Å². The second-order valence-corrected chi connectivity index (χ2v) is 5.69. The van der Waals surface area contributed by atoms with E-state index in [1.54, 1.807) is 13.2 Å². The maximum Gasteiger partial charge on any atom is 0.244 e. The minimum atomic E-state index is 0.00174. The summed E-state index contributed by atoms with van der Waals surface area (Å²) in [6, 6.07) is 8.22. The summed E-state index contributed by atoms with van der Waals surface area (Å²) in [5, 5.41) is 3.09. The van der Waals surface area contributed by atoms with Gasteiger partial charge in [-0.1, -0.05) is 17.7 Å². The first-order chi connectivity index (χ1) is 10.1. The summed E-state index contributed by atoms with van der Waals surface area (Å²) < 4.78 is 5.43. The van der Waals surface area contributed by atoms with E-state index in [1.165, 1.54) is 0 Å². The summed E-state index contributed by atoms with van der Waals surface area (Å²) in [7, 11) is 1.69. The molecule has 1 aliphatic heterocycles. The number of amides is 1. The molecule has 114 valence electrons. The average Bonchev–Trinajstić information content (AvgIpc) is 2.46. The zero-order valence-electron chi connectivity index (χ0n) is 13.1. The number of para-hydroxylation sites is 2. The maximum absolute atomic E-state index is 11.9. The standard InChI is InChI=1S/C17H24N2O2/c1-13(2)11-17(20)18-14-7-6-10-19(12-14)15-8-4-5-9-16(15)21-3/h4-5,8-9,11,14H,6-7,10,12H2,1-3H3,(H,18,20)/t14-/m1/s1. The number of carbonyl (C=O) groups excluding carboxylic acids is 1. The molecule has 1 aromatic carbocycles. The van der Waals surface area contributed by atoms with Crippen molar-refractivity contribution in [3.05, 3.63) is 35.9 Å². The fraction of sp³-hybridized carbons (Fsp3) is 0.471. The van der Waals surface area contributed by atoms with Gasteiger partial charge in [0.05, 0.1) is 12.8 Å². The van der Waals surface area contributed by atoms with Crippen molar-refractivity contribution in [2.24, 2.45) is 0 Å². The third-order valence-corrected chi connectivity index (χ3v) is 3.61. The SMILES string of the molecule is COc1ccccc1N1CCC[C@@H](NC(=O)C=C(C)C)C1. The molecule has 1 amide bonds. The fourth-order valence-corrected chi connectivity index (χ4v) is 2.71. The third kappa shape index (κ3) is 4.25. The van der Waals surface area contributed by atoms with Gasteiger partial charge in [-0.15, -0.1) is 0 Å². The molecule has 1 fully saturated rings. The molecular formula is C17H24N2O2. The first kappa shape index (κ1) is 15.4. The molecule has 0 aromatic heterocycles. The number of methoxy groups -OCH3 is 1. The Labute approximate surface area is 126 Å². The summed E-state index contributed by atoms with van der Waals surface area (Å²) in [6.07, 6.45) is 3.74. The van der Waals surface area contributed by atoms with Gasteiger partial charge >= 0.3 is 0 Å². The van der Waals surface area contributed by atoms with Crippen LogP contribution in [0.2, 0.25) is 0 Å². The predicted octanol–water partition coefficient (Wildman–Crippen LogP) is 2.75. The van der Waals surface area contributed by atoms with Crippen molar-refractivity contribution in [2.75, 3.05) is 25.1 Å².